The van der Waals surface area contributed by atoms with Crippen LogP contribution in [0.4, 0.5) is 10.1 Å². The Balaban J connectivity index is 1.84. The summed E-state index contributed by atoms with van der Waals surface area (Å²) < 4.78 is 13.6. The highest BCUT2D eigenvalue weighted by atomic mass is 35.5. The molecule has 1 aliphatic heterocycles. The molecule has 0 bridgehead atoms. The van der Waals surface area contributed by atoms with Gasteiger partial charge in [0.25, 0.3) is 0 Å². The van der Waals surface area contributed by atoms with Gasteiger partial charge in [-0.2, -0.15) is 0 Å². The quantitative estimate of drug-likeness (QED) is 0.635. The molecule has 4 rings (SSSR count). The van der Waals surface area contributed by atoms with Crippen molar-refractivity contribution >= 4 is 28.9 Å². The molecule has 0 spiro atoms. The van der Waals surface area contributed by atoms with E-state index in [2.05, 4.69) is 17.5 Å². The lowest BCUT2D eigenvalue weighted by Gasteiger charge is -2.38. The number of nitrogens with one attached hydrogen (secondary N) is 1. The van der Waals surface area contributed by atoms with Gasteiger partial charge in [-0.15, -0.1) is 0 Å². The molecule has 1 aliphatic carbocycles. The summed E-state index contributed by atoms with van der Waals surface area (Å²) in [6.07, 6.45) is 5.39. The van der Waals surface area contributed by atoms with E-state index in [0.29, 0.717) is 21.9 Å². The zero-order chi connectivity index (χ0) is 15.3. The van der Waals surface area contributed by atoms with Crippen molar-refractivity contribution in [2.45, 2.75) is 18.4 Å². The Bertz CT molecular complexity index is 772. The molecule has 2 aromatic carbocycles. The van der Waals surface area contributed by atoms with Gasteiger partial charge in [-0.05, 0) is 41.7 Å². The van der Waals surface area contributed by atoms with E-state index in [1.54, 1.807) is 12.1 Å². The summed E-state index contributed by atoms with van der Waals surface area (Å²) in [6.45, 7) is 0. The van der Waals surface area contributed by atoms with Crippen molar-refractivity contribution in [3.8, 4) is 0 Å². The molecule has 1 nitrogen and oxygen atoms in total. The summed E-state index contributed by atoms with van der Waals surface area (Å²) in [6, 6.07) is 10.7. The van der Waals surface area contributed by atoms with Gasteiger partial charge in [0.1, 0.15) is 5.82 Å². The van der Waals surface area contributed by atoms with Crippen LogP contribution in [-0.2, 0) is 0 Å². The number of halogens is 3. The molecule has 2 aliphatic rings. The zero-order valence-corrected chi connectivity index (χ0v) is 13.2. The smallest absolute Gasteiger partial charge is 0.123 e. The van der Waals surface area contributed by atoms with E-state index in [-0.39, 0.29) is 11.9 Å². The Morgan fingerprint density at radius 3 is 2.82 bits per heavy atom. The Labute approximate surface area is 138 Å². The van der Waals surface area contributed by atoms with Crippen LogP contribution < -0.4 is 5.32 Å². The third-order valence-corrected chi connectivity index (χ3v) is 5.44. The molecule has 0 saturated heterocycles. The van der Waals surface area contributed by atoms with Crippen LogP contribution >= 0.6 is 23.2 Å². The maximum absolute atomic E-state index is 13.6. The molecule has 1 heterocycles. The first-order chi connectivity index (χ1) is 10.6. The second kappa shape index (κ2) is 5.29. The fraction of sp³-hybridized carbons (Fsp3) is 0.222. The molecule has 0 radical (unpaired) electrons. The molecule has 0 saturated carbocycles. The van der Waals surface area contributed by atoms with Crippen LogP contribution in [0.2, 0.25) is 10.0 Å². The van der Waals surface area contributed by atoms with Crippen LogP contribution in [0.3, 0.4) is 0 Å². The number of hydrogen-bond acceptors (Lipinski definition) is 1. The normalized spacial score (nSPS) is 25.5. The van der Waals surface area contributed by atoms with E-state index in [1.807, 2.05) is 18.2 Å². The lowest BCUT2D eigenvalue weighted by molar-refractivity contribution is 0.424. The lowest BCUT2D eigenvalue weighted by Crippen LogP contribution is -2.29. The minimum absolute atomic E-state index is 0.0270. The Kier molecular flexibility index (Phi) is 3.39. The Morgan fingerprint density at radius 1 is 1.14 bits per heavy atom. The van der Waals surface area contributed by atoms with E-state index >= 15 is 0 Å². The number of hydrogen-bond donors (Lipinski definition) is 1. The van der Waals surface area contributed by atoms with Crippen molar-refractivity contribution < 1.29 is 4.39 Å². The molecule has 22 heavy (non-hydrogen) atoms. The van der Waals surface area contributed by atoms with Crippen LogP contribution in [0.25, 0.3) is 0 Å². The summed E-state index contributed by atoms with van der Waals surface area (Å²) in [5.74, 6) is 0.440. The maximum Gasteiger partial charge on any atom is 0.123 e. The highest BCUT2D eigenvalue weighted by molar-refractivity contribution is 6.43. The largest absolute Gasteiger partial charge is 0.376 e. The van der Waals surface area contributed by atoms with E-state index in [4.69, 9.17) is 23.2 Å². The summed E-state index contributed by atoms with van der Waals surface area (Å²) >= 11 is 12.6. The second-order valence-corrected chi connectivity index (χ2v) is 6.64. The molecule has 112 valence electrons. The fourth-order valence-electron chi connectivity index (χ4n) is 3.63. The SMILES string of the molecule is Fc1cccc([C@@H]2Nc3c(ccc(Cl)c3Cl)[C@H]3C=CC[C@H]32)c1. The number of fused-ring (bicyclic) bond motifs is 3. The molecule has 0 aromatic heterocycles. The molecule has 0 amide bonds. The van der Waals surface area contributed by atoms with Gasteiger partial charge < -0.3 is 5.32 Å². The number of allylic oxidation sites excluding steroid dienone is 2. The van der Waals surface area contributed by atoms with Gasteiger partial charge in [0.15, 0.2) is 0 Å². The van der Waals surface area contributed by atoms with Crippen molar-refractivity contribution in [3.05, 3.63) is 75.5 Å². The molecular weight excluding hydrogens is 320 g/mol. The minimum Gasteiger partial charge on any atom is -0.376 e. The highest BCUT2D eigenvalue weighted by Gasteiger charge is 2.38. The third-order valence-electron chi connectivity index (χ3n) is 4.63. The highest BCUT2D eigenvalue weighted by Crippen LogP contribution is 2.52. The van der Waals surface area contributed by atoms with Gasteiger partial charge in [0, 0.05) is 5.92 Å². The van der Waals surface area contributed by atoms with Crippen LogP contribution in [-0.4, -0.2) is 0 Å². The summed E-state index contributed by atoms with van der Waals surface area (Å²) in [5, 5.41) is 4.57. The van der Waals surface area contributed by atoms with Crippen LogP contribution in [0.15, 0.2) is 48.6 Å². The molecule has 2 aromatic rings. The monoisotopic (exact) mass is 333 g/mol. The molecule has 4 heteroatoms. The average Bonchev–Trinajstić information content (AvgIpc) is 3.00. The summed E-state index contributed by atoms with van der Waals surface area (Å²) in [5.41, 5.74) is 2.98. The van der Waals surface area contributed by atoms with E-state index < -0.39 is 0 Å². The van der Waals surface area contributed by atoms with Crippen molar-refractivity contribution in [1.29, 1.82) is 0 Å². The summed E-state index contributed by atoms with van der Waals surface area (Å²) in [4.78, 5) is 0. The first kappa shape index (κ1) is 14.1. The standard InChI is InChI=1S/C18H14Cl2FN/c19-15-8-7-14-12-5-2-6-13(12)17(22-18(14)16(15)20)10-3-1-4-11(21)9-10/h1-5,7-9,12-13,17,22H,6H2/t12-,13+,17-/m0/s1. The van der Waals surface area contributed by atoms with Crippen molar-refractivity contribution in [1.82, 2.24) is 0 Å². The first-order valence-corrected chi connectivity index (χ1v) is 8.07. The Morgan fingerprint density at radius 2 is 2.00 bits per heavy atom. The summed E-state index contributed by atoms with van der Waals surface area (Å²) in [7, 11) is 0. The molecule has 0 fully saturated rings. The predicted molar refractivity (Wildman–Crippen MR) is 89.2 cm³/mol. The van der Waals surface area contributed by atoms with E-state index in [0.717, 1.165) is 17.7 Å². The molecule has 3 atom stereocenters. The van der Waals surface area contributed by atoms with Crippen molar-refractivity contribution in [3.63, 3.8) is 0 Å². The van der Waals surface area contributed by atoms with Crippen LogP contribution in [0, 0.1) is 11.7 Å². The first-order valence-electron chi connectivity index (χ1n) is 7.31. The Hall–Kier alpha value is -1.51. The van der Waals surface area contributed by atoms with Gasteiger partial charge in [-0.3, -0.25) is 0 Å². The van der Waals surface area contributed by atoms with Gasteiger partial charge in [-0.25, -0.2) is 4.39 Å². The fourth-order valence-corrected chi connectivity index (χ4v) is 4.02. The van der Waals surface area contributed by atoms with Crippen molar-refractivity contribution in [2.75, 3.05) is 5.32 Å². The van der Waals surface area contributed by atoms with Gasteiger partial charge in [-0.1, -0.05) is 53.6 Å². The maximum atomic E-state index is 13.6. The van der Waals surface area contributed by atoms with Crippen LogP contribution in [0.1, 0.15) is 29.5 Å². The number of anilines is 1. The topological polar surface area (TPSA) is 12.0 Å². The van der Waals surface area contributed by atoms with Crippen molar-refractivity contribution in [2.24, 2.45) is 5.92 Å². The zero-order valence-electron chi connectivity index (χ0n) is 11.7. The second-order valence-electron chi connectivity index (χ2n) is 5.86. The number of benzene rings is 2. The lowest BCUT2D eigenvalue weighted by atomic mass is 9.77. The van der Waals surface area contributed by atoms with Gasteiger partial charge in [0.05, 0.1) is 21.8 Å². The molecule has 0 unspecified atom stereocenters. The average molecular weight is 334 g/mol. The van der Waals surface area contributed by atoms with E-state index in [9.17, 15) is 4.39 Å². The minimum atomic E-state index is -0.218. The molecular formula is C18H14Cl2FN. The van der Waals surface area contributed by atoms with Crippen LogP contribution in [0.5, 0.6) is 0 Å². The van der Waals surface area contributed by atoms with Gasteiger partial charge in [0.2, 0.25) is 0 Å². The number of rotatable bonds is 1. The van der Waals surface area contributed by atoms with Gasteiger partial charge >= 0.3 is 0 Å². The third kappa shape index (κ3) is 2.13. The predicted octanol–water partition coefficient (Wildman–Crippen LogP) is 5.96. The molecule has 1 N–H and O–H groups in total. The van der Waals surface area contributed by atoms with E-state index in [1.165, 1.54) is 11.6 Å².